The number of hydrogen-bond donors (Lipinski definition) is 0. The van der Waals surface area contributed by atoms with Crippen LogP contribution in [-0.2, 0) is 4.79 Å². The van der Waals surface area contributed by atoms with E-state index in [4.69, 9.17) is 11.6 Å². The highest BCUT2D eigenvalue weighted by molar-refractivity contribution is 8.00. The number of carbonyl (C=O) groups is 1. The average molecular weight is 248 g/mol. The normalized spacial score (nSPS) is 36.9. The molecule has 2 aliphatic heterocycles. The number of halogens is 1. The average Bonchev–Trinajstić information content (AvgIpc) is 2.74. The summed E-state index contributed by atoms with van der Waals surface area (Å²) in [4.78, 5) is 14.1. The standard InChI is InChI=1S/C11H18ClNOS/c1-8-4-5-13(7-9(8)12)11(14)10-3-2-6-15-10/h8-10H,2-7H2,1H3. The zero-order valence-corrected chi connectivity index (χ0v) is 10.7. The Bertz CT molecular complexity index is 243. The molecule has 0 spiro atoms. The van der Waals surface area contributed by atoms with Crippen LogP contribution in [0.5, 0.6) is 0 Å². The minimum Gasteiger partial charge on any atom is -0.340 e. The van der Waals surface area contributed by atoms with Gasteiger partial charge in [0, 0.05) is 13.1 Å². The van der Waals surface area contributed by atoms with Crippen LogP contribution in [0.4, 0.5) is 0 Å². The molecule has 2 aliphatic rings. The van der Waals surface area contributed by atoms with Crippen LogP contribution in [-0.4, -0.2) is 40.3 Å². The molecule has 2 rings (SSSR count). The maximum Gasteiger partial charge on any atom is 0.235 e. The van der Waals surface area contributed by atoms with Crippen molar-refractivity contribution in [3.8, 4) is 0 Å². The summed E-state index contributed by atoms with van der Waals surface area (Å²) in [6.07, 6.45) is 3.30. The quantitative estimate of drug-likeness (QED) is 0.663. The molecule has 3 atom stereocenters. The van der Waals surface area contributed by atoms with E-state index in [1.165, 1.54) is 6.42 Å². The summed E-state index contributed by atoms with van der Waals surface area (Å²) in [6, 6.07) is 0. The lowest BCUT2D eigenvalue weighted by molar-refractivity contribution is -0.131. The van der Waals surface area contributed by atoms with Gasteiger partial charge in [-0.3, -0.25) is 4.79 Å². The van der Waals surface area contributed by atoms with Crippen LogP contribution in [0.1, 0.15) is 26.2 Å². The van der Waals surface area contributed by atoms with Crippen LogP contribution < -0.4 is 0 Å². The second-order valence-electron chi connectivity index (χ2n) is 4.57. The minimum atomic E-state index is 0.147. The van der Waals surface area contributed by atoms with Gasteiger partial charge in [0.15, 0.2) is 0 Å². The van der Waals surface area contributed by atoms with Gasteiger partial charge in [0.1, 0.15) is 0 Å². The number of nitrogens with zero attached hydrogens (tertiary/aromatic N) is 1. The molecule has 0 aromatic rings. The highest BCUT2D eigenvalue weighted by Gasteiger charge is 2.32. The molecule has 0 saturated carbocycles. The van der Waals surface area contributed by atoms with Crippen LogP contribution in [0.3, 0.4) is 0 Å². The highest BCUT2D eigenvalue weighted by Crippen LogP contribution is 2.30. The first-order valence-corrected chi connectivity index (χ1v) is 7.21. The van der Waals surface area contributed by atoms with Crippen molar-refractivity contribution in [2.75, 3.05) is 18.8 Å². The fourth-order valence-corrected chi connectivity index (χ4v) is 3.73. The highest BCUT2D eigenvalue weighted by atomic mass is 35.5. The Balaban J connectivity index is 1.90. The van der Waals surface area contributed by atoms with Crippen LogP contribution >= 0.6 is 23.4 Å². The Labute approximate surface area is 101 Å². The molecule has 2 heterocycles. The lowest BCUT2D eigenvalue weighted by atomic mass is 9.98. The molecule has 2 saturated heterocycles. The summed E-state index contributed by atoms with van der Waals surface area (Å²) in [5.41, 5.74) is 0. The van der Waals surface area contributed by atoms with E-state index in [0.717, 1.165) is 31.7 Å². The first kappa shape index (κ1) is 11.6. The third-order valence-electron chi connectivity index (χ3n) is 3.38. The van der Waals surface area contributed by atoms with E-state index in [1.54, 1.807) is 0 Å². The largest absolute Gasteiger partial charge is 0.340 e. The minimum absolute atomic E-state index is 0.147. The molecule has 15 heavy (non-hydrogen) atoms. The first-order chi connectivity index (χ1) is 7.18. The van der Waals surface area contributed by atoms with Crippen LogP contribution in [0, 0.1) is 5.92 Å². The number of alkyl halides is 1. The summed E-state index contributed by atoms with van der Waals surface area (Å²) >= 11 is 8.02. The van der Waals surface area contributed by atoms with Gasteiger partial charge in [-0.1, -0.05) is 6.92 Å². The molecular weight excluding hydrogens is 230 g/mol. The van der Waals surface area contributed by atoms with Gasteiger partial charge in [0.25, 0.3) is 0 Å². The van der Waals surface area contributed by atoms with Crippen LogP contribution in [0.15, 0.2) is 0 Å². The van der Waals surface area contributed by atoms with Gasteiger partial charge in [-0.05, 0) is 30.9 Å². The molecule has 3 unspecified atom stereocenters. The second kappa shape index (κ2) is 4.96. The molecule has 1 amide bonds. The maximum absolute atomic E-state index is 12.1. The van der Waals surface area contributed by atoms with Crippen LogP contribution in [0.25, 0.3) is 0 Å². The van der Waals surface area contributed by atoms with Crippen molar-refractivity contribution in [1.29, 1.82) is 0 Å². The number of piperidine rings is 1. The lowest BCUT2D eigenvalue weighted by Gasteiger charge is -2.35. The zero-order valence-electron chi connectivity index (χ0n) is 9.12. The van der Waals surface area contributed by atoms with Crippen LogP contribution in [0.2, 0.25) is 0 Å². The van der Waals surface area contributed by atoms with Crippen molar-refractivity contribution in [2.45, 2.75) is 36.8 Å². The topological polar surface area (TPSA) is 20.3 Å². The third-order valence-corrected chi connectivity index (χ3v) is 5.32. The van der Waals surface area contributed by atoms with E-state index in [9.17, 15) is 4.79 Å². The number of likely N-dealkylation sites (tertiary alicyclic amines) is 1. The molecule has 0 aromatic heterocycles. The van der Waals surface area contributed by atoms with Gasteiger partial charge in [0.05, 0.1) is 10.6 Å². The van der Waals surface area contributed by atoms with Crippen molar-refractivity contribution in [3.63, 3.8) is 0 Å². The molecule has 0 N–H and O–H groups in total. The number of thioether (sulfide) groups is 1. The second-order valence-corrected chi connectivity index (χ2v) is 6.44. The summed E-state index contributed by atoms with van der Waals surface area (Å²) in [6.45, 7) is 3.82. The number of rotatable bonds is 1. The monoisotopic (exact) mass is 247 g/mol. The summed E-state index contributed by atoms with van der Waals surface area (Å²) in [5, 5.41) is 0.372. The first-order valence-electron chi connectivity index (χ1n) is 5.73. The Morgan fingerprint density at radius 1 is 1.47 bits per heavy atom. The van der Waals surface area contributed by atoms with E-state index in [1.807, 2.05) is 16.7 Å². The molecule has 86 valence electrons. The summed E-state index contributed by atoms with van der Waals surface area (Å²) in [5.74, 6) is 2.02. The molecule has 2 nitrogen and oxygen atoms in total. The Hall–Kier alpha value is 0.110. The van der Waals surface area contributed by atoms with Crippen molar-refractivity contribution >= 4 is 29.3 Å². The van der Waals surface area contributed by atoms with Crippen molar-refractivity contribution in [3.05, 3.63) is 0 Å². The summed E-state index contributed by atoms with van der Waals surface area (Å²) < 4.78 is 0. The molecular formula is C11H18ClNOS. The zero-order chi connectivity index (χ0) is 10.8. The Morgan fingerprint density at radius 2 is 2.27 bits per heavy atom. The molecule has 0 aliphatic carbocycles. The van der Waals surface area contributed by atoms with E-state index in [-0.39, 0.29) is 10.6 Å². The molecule has 4 heteroatoms. The number of hydrogen-bond acceptors (Lipinski definition) is 2. The Morgan fingerprint density at radius 3 is 2.87 bits per heavy atom. The fraction of sp³-hybridized carbons (Fsp3) is 0.909. The maximum atomic E-state index is 12.1. The van der Waals surface area contributed by atoms with Gasteiger partial charge in [-0.2, -0.15) is 0 Å². The van der Waals surface area contributed by atoms with E-state index in [0.29, 0.717) is 11.8 Å². The van der Waals surface area contributed by atoms with Gasteiger partial charge in [0.2, 0.25) is 5.91 Å². The summed E-state index contributed by atoms with van der Waals surface area (Å²) in [7, 11) is 0. The molecule has 0 radical (unpaired) electrons. The smallest absolute Gasteiger partial charge is 0.235 e. The van der Waals surface area contributed by atoms with Gasteiger partial charge < -0.3 is 4.90 Å². The van der Waals surface area contributed by atoms with E-state index >= 15 is 0 Å². The fourth-order valence-electron chi connectivity index (χ4n) is 2.20. The predicted molar refractivity (Wildman–Crippen MR) is 65.5 cm³/mol. The predicted octanol–water partition coefficient (Wildman–Crippen LogP) is 2.36. The van der Waals surface area contributed by atoms with Crippen molar-refractivity contribution in [1.82, 2.24) is 4.90 Å². The number of amides is 1. The lowest BCUT2D eigenvalue weighted by Crippen LogP contribution is -2.46. The van der Waals surface area contributed by atoms with E-state index in [2.05, 4.69) is 6.92 Å². The third kappa shape index (κ3) is 2.62. The SMILES string of the molecule is CC1CCN(C(=O)C2CCCS2)CC1Cl. The molecule has 0 bridgehead atoms. The van der Waals surface area contributed by atoms with Gasteiger partial charge >= 0.3 is 0 Å². The van der Waals surface area contributed by atoms with E-state index < -0.39 is 0 Å². The van der Waals surface area contributed by atoms with Gasteiger partial charge in [-0.15, -0.1) is 23.4 Å². The number of carbonyl (C=O) groups excluding carboxylic acids is 1. The van der Waals surface area contributed by atoms with Crippen molar-refractivity contribution < 1.29 is 4.79 Å². The molecule has 2 fully saturated rings. The molecule has 0 aromatic carbocycles. The Kier molecular flexibility index (Phi) is 3.83. The van der Waals surface area contributed by atoms with Crippen molar-refractivity contribution in [2.24, 2.45) is 5.92 Å². The van der Waals surface area contributed by atoms with Gasteiger partial charge in [-0.25, -0.2) is 0 Å².